The standard InChI is InChI=1S/C13H14N4O/c14-16(11-7-3-1-4-8-11)13(18)17(15)12-9-5-2-6-10-12/h1-10H,14-15H2. The quantitative estimate of drug-likeness (QED) is 0.479. The highest BCUT2D eigenvalue weighted by Gasteiger charge is 2.18. The van der Waals surface area contributed by atoms with Gasteiger partial charge in [0.1, 0.15) is 0 Å². The molecule has 0 saturated carbocycles. The number of amides is 2. The molecule has 0 aliphatic rings. The van der Waals surface area contributed by atoms with E-state index >= 15 is 0 Å². The molecule has 0 spiro atoms. The lowest BCUT2D eigenvalue weighted by Gasteiger charge is -2.23. The van der Waals surface area contributed by atoms with Gasteiger partial charge in [-0.3, -0.25) is 0 Å². The number of hydrogen-bond acceptors (Lipinski definition) is 3. The van der Waals surface area contributed by atoms with Crippen LogP contribution in [0.5, 0.6) is 0 Å². The van der Waals surface area contributed by atoms with Crippen molar-refractivity contribution in [1.29, 1.82) is 0 Å². The fourth-order valence-corrected chi connectivity index (χ4v) is 1.51. The van der Waals surface area contributed by atoms with Crippen molar-refractivity contribution in [3.63, 3.8) is 0 Å². The normalized spacial score (nSPS) is 9.89. The van der Waals surface area contributed by atoms with E-state index in [-0.39, 0.29) is 0 Å². The van der Waals surface area contributed by atoms with E-state index < -0.39 is 6.03 Å². The van der Waals surface area contributed by atoms with Crippen molar-refractivity contribution >= 4 is 17.4 Å². The van der Waals surface area contributed by atoms with Crippen LogP contribution in [0.15, 0.2) is 60.7 Å². The van der Waals surface area contributed by atoms with Crippen molar-refractivity contribution in [2.24, 2.45) is 11.7 Å². The number of nitrogens with two attached hydrogens (primary N) is 2. The fraction of sp³-hybridized carbons (Fsp3) is 0. The molecule has 0 saturated heterocycles. The highest BCUT2D eigenvalue weighted by atomic mass is 16.2. The minimum atomic E-state index is -0.507. The van der Waals surface area contributed by atoms with Crippen LogP contribution in [0.2, 0.25) is 0 Å². The zero-order valence-corrected chi connectivity index (χ0v) is 9.73. The van der Waals surface area contributed by atoms with Crippen LogP contribution in [-0.2, 0) is 0 Å². The Labute approximate surface area is 105 Å². The van der Waals surface area contributed by atoms with Crippen LogP contribution in [0, 0.1) is 0 Å². The van der Waals surface area contributed by atoms with Crippen molar-refractivity contribution in [3.05, 3.63) is 60.7 Å². The molecule has 0 heterocycles. The number of hydrazine groups is 2. The summed E-state index contributed by atoms with van der Waals surface area (Å²) in [4.78, 5) is 12.0. The summed E-state index contributed by atoms with van der Waals surface area (Å²) in [6.45, 7) is 0. The predicted molar refractivity (Wildman–Crippen MR) is 71.6 cm³/mol. The van der Waals surface area contributed by atoms with Gasteiger partial charge in [0.25, 0.3) is 0 Å². The van der Waals surface area contributed by atoms with Gasteiger partial charge in [-0.15, -0.1) is 0 Å². The minimum absolute atomic E-state index is 0.507. The monoisotopic (exact) mass is 242 g/mol. The van der Waals surface area contributed by atoms with E-state index in [9.17, 15) is 4.79 Å². The number of nitrogens with zero attached hydrogens (tertiary/aromatic N) is 2. The molecule has 2 aromatic carbocycles. The van der Waals surface area contributed by atoms with Crippen LogP contribution in [0.1, 0.15) is 0 Å². The summed E-state index contributed by atoms with van der Waals surface area (Å²) < 4.78 is 0. The van der Waals surface area contributed by atoms with Crippen molar-refractivity contribution < 1.29 is 4.79 Å². The van der Waals surface area contributed by atoms with Gasteiger partial charge in [0.15, 0.2) is 0 Å². The molecule has 0 aliphatic heterocycles. The van der Waals surface area contributed by atoms with E-state index in [0.29, 0.717) is 11.4 Å². The van der Waals surface area contributed by atoms with Gasteiger partial charge >= 0.3 is 6.03 Å². The Hall–Kier alpha value is -2.37. The second-order valence-electron chi connectivity index (χ2n) is 3.69. The summed E-state index contributed by atoms with van der Waals surface area (Å²) in [6.07, 6.45) is 0. The van der Waals surface area contributed by atoms with Gasteiger partial charge in [-0.2, -0.15) is 0 Å². The van der Waals surface area contributed by atoms with E-state index in [1.807, 2.05) is 12.1 Å². The Kier molecular flexibility index (Phi) is 3.57. The summed E-state index contributed by atoms with van der Waals surface area (Å²) in [5.74, 6) is 11.5. The molecule has 5 nitrogen and oxygen atoms in total. The highest BCUT2D eigenvalue weighted by molar-refractivity contribution is 6.01. The molecule has 92 valence electrons. The Balaban J connectivity index is 2.17. The molecule has 0 aliphatic carbocycles. The van der Waals surface area contributed by atoms with Crippen molar-refractivity contribution in [3.8, 4) is 0 Å². The van der Waals surface area contributed by atoms with Crippen LogP contribution < -0.4 is 21.7 Å². The lowest BCUT2D eigenvalue weighted by atomic mass is 10.3. The van der Waals surface area contributed by atoms with Gasteiger partial charge in [-0.05, 0) is 24.3 Å². The lowest BCUT2D eigenvalue weighted by Crippen LogP contribution is -2.50. The summed E-state index contributed by atoms with van der Waals surface area (Å²) in [7, 11) is 0. The number of benzene rings is 2. The SMILES string of the molecule is NN(C(=O)N(N)c1ccccc1)c1ccccc1. The molecule has 2 aromatic rings. The molecule has 2 rings (SSSR count). The second-order valence-corrected chi connectivity index (χ2v) is 3.69. The third-order valence-electron chi connectivity index (χ3n) is 2.48. The average molecular weight is 242 g/mol. The van der Waals surface area contributed by atoms with Crippen LogP contribution in [0.4, 0.5) is 16.2 Å². The third-order valence-corrected chi connectivity index (χ3v) is 2.48. The zero-order valence-electron chi connectivity index (χ0n) is 9.73. The maximum absolute atomic E-state index is 12.0. The third kappa shape index (κ3) is 2.48. The van der Waals surface area contributed by atoms with Gasteiger partial charge in [0.2, 0.25) is 0 Å². The molecule has 2 amide bonds. The topological polar surface area (TPSA) is 75.6 Å². The molecular weight excluding hydrogens is 228 g/mol. The molecule has 0 aromatic heterocycles. The van der Waals surface area contributed by atoms with E-state index in [1.165, 1.54) is 0 Å². The first kappa shape index (κ1) is 12.1. The molecule has 0 unspecified atom stereocenters. The van der Waals surface area contributed by atoms with Gasteiger partial charge in [0, 0.05) is 0 Å². The number of para-hydroxylation sites is 2. The maximum atomic E-state index is 12.0. The number of rotatable bonds is 2. The first-order chi connectivity index (χ1) is 8.70. The number of carbonyl (C=O) groups excluding carboxylic acids is 1. The Morgan fingerprint density at radius 3 is 1.39 bits per heavy atom. The predicted octanol–water partition coefficient (Wildman–Crippen LogP) is 1.87. The highest BCUT2D eigenvalue weighted by Crippen LogP contribution is 2.15. The van der Waals surface area contributed by atoms with Crippen molar-refractivity contribution in [1.82, 2.24) is 0 Å². The van der Waals surface area contributed by atoms with Gasteiger partial charge in [-0.1, -0.05) is 36.4 Å². The summed E-state index contributed by atoms with van der Waals surface area (Å²) in [5, 5.41) is 2.01. The molecule has 5 heteroatoms. The lowest BCUT2D eigenvalue weighted by molar-refractivity contribution is 0.251. The smallest absolute Gasteiger partial charge is 0.245 e. The number of carbonyl (C=O) groups is 1. The largest absolute Gasteiger partial charge is 0.357 e. The zero-order chi connectivity index (χ0) is 13.0. The summed E-state index contributed by atoms with van der Waals surface area (Å²) >= 11 is 0. The Morgan fingerprint density at radius 2 is 1.06 bits per heavy atom. The average Bonchev–Trinajstić information content (AvgIpc) is 2.47. The van der Waals surface area contributed by atoms with E-state index in [1.54, 1.807) is 48.5 Å². The number of anilines is 2. The molecule has 0 fully saturated rings. The van der Waals surface area contributed by atoms with Crippen LogP contribution in [-0.4, -0.2) is 6.03 Å². The molecule has 18 heavy (non-hydrogen) atoms. The fourth-order valence-electron chi connectivity index (χ4n) is 1.51. The molecule has 0 atom stereocenters. The Morgan fingerprint density at radius 1 is 0.722 bits per heavy atom. The van der Waals surface area contributed by atoms with Crippen molar-refractivity contribution in [2.75, 3.05) is 10.0 Å². The molecule has 0 radical (unpaired) electrons. The van der Waals surface area contributed by atoms with E-state index in [4.69, 9.17) is 11.7 Å². The minimum Gasteiger partial charge on any atom is -0.245 e. The van der Waals surface area contributed by atoms with Crippen LogP contribution >= 0.6 is 0 Å². The van der Waals surface area contributed by atoms with Crippen LogP contribution in [0.25, 0.3) is 0 Å². The molecule has 4 N–H and O–H groups in total. The number of hydrogen-bond donors (Lipinski definition) is 2. The molecular formula is C13H14N4O. The maximum Gasteiger partial charge on any atom is 0.357 e. The Bertz CT molecular complexity index is 468. The van der Waals surface area contributed by atoms with Crippen molar-refractivity contribution in [2.45, 2.75) is 0 Å². The summed E-state index contributed by atoms with van der Waals surface area (Å²) in [6, 6.07) is 17.3. The summed E-state index contributed by atoms with van der Waals surface area (Å²) in [5.41, 5.74) is 1.16. The number of urea groups is 1. The van der Waals surface area contributed by atoms with Gasteiger partial charge in [0.05, 0.1) is 11.4 Å². The van der Waals surface area contributed by atoms with Gasteiger partial charge < -0.3 is 0 Å². The van der Waals surface area contributed by atoms with E-state index in [0.717, 1.165) is 10.0 Å². The molecule has 0 bridgehead atoms. The first-order valence-corrected chi connectivity index (χ1v) is 5.44. The van der Waals surface area contributed by atoms with Gasteiger partial charge in [-0.25, -0.2) is 26.5 Å². The second kappa shape index (κ2) is 5.31. The van der Waals surface area contributed by atoms with E-state index in [2.05, 4.69) is 0 Å². The first-order valence-electron chi connectivity index (χ1n) is 5.44. The van der Waals surface area contributed by atoms with Crippen LogP contribution in [0.3, 0.4) is 0 Å².